The predicted molar refractivity (Wildman–Crippen MR) is 105 cm³/mol. The number of ketones is 1. The van der Waals surface area contributed by atoms with Crippen LogP contribution in [0.3, 0.4) is 0 Å². The summed E-state index contributed by atoms with van der Waals surface area (Å²) in [6.45, 7) is 1.58. The molecule has 1 aliphatic carbocycles. The Hall–Kier alpha value is -3.22. The Morgan fingerprint density at radius 2 is 1.93 bits per heavy atom. The fourth-order valence-electron chi connectivity index (χ4n) is 3.94. The molecule has 2 heterocycles. The second-order valence-corrected chi connectivity index (χ2v) is 7.27. The molecule has 4 rings (SSSR count). The van der Waals surface area contributed by atoms with Gasteiger partial charge in [-0.05, 0) is 19.8 Å². The molecule has 1 saturated carbocycles. The monoisotopic (exact) mass is 378 g/mol. The van der Waals surface area contributed by atoms with Gasteiger partial charge in [-0.15, -0.1) is 0 Å². The Balaban J connectivity index is 1.68. The molecular formula is C21H22N4O3. The number of rotatable bonds is 4. The van der Waals surface area contributed by atoms with Gasteiger partial charge in [0, 0.05) is 29.8 Å². The largest absolute Gasteiger partial charge is 0.348 e. The molecule has 144 valence electrons. The molecule has 0 radical (unpaired) electrons. The van der Waals surface area contributed by atoms with Crippen molar-refractivity contribution in [3.8, 4) is 11.3 Å². The molecule has 1 aliphatic rings. The number of amides is 1. The van der Waals surface area contributed by atoms with Gasteiger partial charge in [-0.1, -0.05) is 43.2 Å². The third kappa shape index (κ3) is 3.35. The van der Waals surface area contributed by atoms with Crippen LogP contribution in [-0.4, -0.2) is 32.3 Å². The SMILES string of the molecule is CC(=O)[C@@H]1CCCC[C@@H]1NC(=O)c1c[nH]n2c(=O)cc(-c3ccccc3)nc12. The van der Waals surface area contributed by atoms with Crippen molar-refractivity contribution in [1.29, 1.82) is 0 Å². The van der Waals surface area contributed by atoms with Crippen molar-refractivity contribution < 1.29 is 9.59 Å². The molecule has 28 heavy (non-hydrogen) atoms. The van der Waals surface area contributed by atoms with Crippen LogP contribution in [0.4, 0.5) is 0 Å². The number of nitrogens with one attached hydrogen (secondary N) is 2. The second kappa shape index (κ2) is 7.42. The summed E-state index contributed by atoms with van der Waals surface area (Å²) in [7, 11) is 0. The topological polar surface area (TPSA) is 96.3 Å². The average molecular weight is 378 g/mol. The molecule has 1 amide bonds. The van der Waals surface area contributed by atoms with E-state index in [0.717, 1.165) is 31.2 Å². The van der Waals surface area contributed by atoms with Crippen molar-refractivity contribution in [3.63, 3.8) is 0 Å². The molecule has 7 heteroatoms. The summed E-state index contributed by atoms with van der Waals surface area (Å²) in [5, 5.41) is 5.79. The van der Waals surface area contributed by atoms with E-state index in [-0.39, 0.29) is 34.9 Å². The highest BCUT2D eigenvalue weighted by molar-refractivity contribution is 6.00. The summed E-state index contributed by atoms with van der Waals surface area (Å²) in [4.78, 5) is 41.8. The van der Waals surface area contributed by atoms with Crippen LogP contribution in [0, 0.1) is 5.92 Å². The van der Waals surface area contributed by atoms with Crippen LogP contribution in [-0.2, 0) is 4.79 Å². The van der Waals surface area contributed by atoms with Crippen LogP contribution in [0.2, 0.25) is 0 Å². The molecule has 3 aromatic rings. The standard InChI is InChI=1S/C21H22N4O3/c1-13(26)15-9-5-6-10-17(15)24-21(28)16-12-22-25-19(27)11-18(23-20(16)25)14-7-3-2-4-8-14/h2-4,7-8,11-12,15,17,22H,5-6,9-10H2,1H3,(H,24,28)/t15-,17-/m0/s1. The maximum absolute atomic E-state index is 12.9. The summed E-state index contributed by atoms with van der Waals surface area (Å²) < 4.78 is 1.25. The van der Waals surface area contributed by atoms with E-state index in [9.17, 15) is 14.4 Å². The van der Waals surface area contributed by atoms with Gasteiger partial charge in [0.1, 0.15) is 11.3 Å². The minimum atomic E-state index is -0.325. The van der Waals surface area contributed by atoms with Crippen LogP contribution >= 0.6 is 0 Å². The highest BCUT2D eigenvalue weighted by atomic mass is 16.2. The minimum absolute atomic E-state index is 0.102. The van der Waals surface area contributed by atoms with Crippen LogP contribution in [0.1, 0.15) is 43.0 Å². The third-order valence-corrected chi connectivity index (χ3v) is 5.42. The molecule has 0 unspecified atom stereocenters. The quantitative estimate of drug-likeness (QED) is 0.729. The van der Waals surface area contributed by atoms with Gasteiger partial charge in [-0.25, -0.2) is 9.50 Å². The van der Waals surface area contributed by atoms with E-state index in [1.807, 2.05) is 30.3 Å². The van der Waals surface area contributed by atoms with E-state index in [2.05, 4.69) is 15.4 Å². The molecular weight excluding hydrogens is 356 g/mol. The molecule has 0 bridgehead atoms. The number of carbonyl (C=O) groups is 2. The number of aromatic nitrogens is 3. The summed E-state index contributed by atoms with van der Waals surface area (Å²) in [5.41, 5.74) is 1.60. The zero-order chi connectivity index (χ0) is 19.7. The summed E-state index contributed by atoms with van der Waals surface area (Å²) >= 11 is 0. The molecule has 2 N–H and O–H groups in total. The minimum Gasteiger partial charge on any atom is -0.348 e. The molecule has 0 aliphatic heterocycles. The lowest BCUT2D eigenvalue weighted by atomic mass is 9.82. The van der Waals surface area contributed by atoms with Crippen LogP contribution < -0.4 is 10.9 Å². The Morgan fingerprint density at radius 1 is 1.18 bits per heavy atom. The van der Waals surface area contributed by atoms with Crippen molar-refractivity contribution in [2.45, 2.75) is 38.6 Å². The first-order chi connectivity index (χ1) is 13.5. The van der Waals surface area contributed by atoms with Gasteiger partial charge in [0.05, 0.1) is 5.69 Å². The lowest BCUT2D eigenvalue weighted by Gasteiger charge is -2.30. The number of fused-ring (bicyclic) bond motifs is 1. The predicted octanol–water partition coefficient (Wildman–Crippen LogP) is 2.57. The smallest absolute Gasteiger partial charge is 0.273 e. The molecule has 2 atom stereocenters. The van der Waals surface area contributed by atoms with E-state index in [4.69, 9.17) is 0 Å². The number of benzene rings is 1. The molecule has 7 nitrogen and oxygen atoms in total. The van der Waals surface area contributed by atoms with Crippen molar-refractivity contribution in [2.24, 2.45) is 5.92 Å². The Labute approximate surface area is 161 Å². The number of hydrogen-bond donors (Lipinski definition) is 2. The fraction of sp³-hybridized carbons (Fsp3) is 0.333. The Kier molecular flexibility index (Phi) is 4.81. The second-order valence-electron chi connectivity index (χ2n) is 7.27. The van der Waals surface area contributed by atoms with E-state index in [1.165, 1.54) is 16.8 Å². The van der Waals surface area contributed by atoms with E-state index in [1.54, 1.807) is 6.92 Å². The average Bonchev–Trinajstić information content (AvgIpc) is 3.13. The van der Waals surface area contributed by atoms with Crippen molar-refractivity contribution >= 4 is 17.3 Å². The molecule has 1 fully saturated rings. The van der Waals surface area contributed by atoms with Crippen molar-refractivity contribution in [2.75, 3.05) is 0 Å². The number of hydrogen-bond acceptors (Lipinski definition) is 4. The van der Waals surface area contributed by atoms with Gasteiger partial charge in [0.25, 0.3) is 11.5 Å². The highest BCUT2D eigenvalue weighted by Gasteiger charge is 2.30. The molecule has 0 spiro atoms. The van der Waals surface area contributed by atoms with Crippen LogP contribution in [0.25, 0.3) is 16.9 Å². The first kappa shape index (κ1) is 18.2. The maximum atomic E-state index is 12.9. The number of carbonyl (C=O) groups excluding carboxylic acids is 2. The normalized spacial score (nSPS) is 19.5. The number of H-pyrrole nitrogens is 1. The van der Waals surface area contributed by atoms with Crippen LogP contribution in [0.5, 0.6) is 0 Å². The van der Waals surface area contributed by atoms with E-state index >= 15 is 0 Å². The van der Waals surface area contributed by atoms with Gasteiger partial charge in [0.2, 0.25) is 0 Å². The zero-order valence-corrected chi connectivity index (χ0v) is 15.6. The van der Waals surface area contributed by atoms with Crippen molar-refractivity contribution in [3.05, 3.63) is 58.5 Å². The Morgan fingerprint density at radius 3 is 2.68 bits per heavy atom. The van der Waals surface area contributed by atoms with Crippen LogP contribution in [0.15, 0.2) is 47.4 Å². The van der Waals surface area contributed by atoms with Gasteiger partial charge in [0.15, 0.2) is 5.65 Å². The third-order valence-electron chi connectivity index (χ3n) is 5.42. The number of Topliss-reactive ketones (excluding diaryl/α,β-unsaturated/α-hetero) is 1. The number of aromatic amines is 1. The van der Waals surface area contributed by atoms with E-state index in [0.29, 0.717) is 11.3 Å². The van der Waals surface area contributed by atoms with Gasteiger partial charge in [-0.2, -0.15) is 0 Å². The fourth-order valence-corrected chi connectivity index (χ4v) is 3.94. The molecule has 2 aromatic heterocycles. The Bertz CT molecular complexity index is 1080. The highest BCUT2D eigenvalue weighted by Crippen LogP contribution is 2.26. The lowest BCUT2D eigenvalue weighted by molar-refractivity contribution is -0.122. The zero-order valence-electron chi connectivity index (χ0n) is 15.6. The molecule has 0 saturated heterocycles. The van der Waals surface area contributed by atoms with Crippen molar-refractivity contribution in [1.82, 2.24) is 19.9 Å². The van der Waals surface area contributed by atoms with Gasteiger partial charge < -0.3 is 5.32 Å². The summed E-state index contributed by atoms with van der Waals surface area (Å²) in [5.74, 6) is -0.378. The van der Waals surface area contributed by atoms with E-state index < -0.39 is 0 Å². The lowest BCUT2D eigenvalue weighted by Crippen LogP contribution is -2.44. The maximum Gasteiger partial charge on any atom is 0.273 e. The summed E-state index contributed by atoms with van der Waals surface area (Å²) in [6.07, 6.45) is 5.05. The first-order valence-electron chi connectivity index (χ1n) is 9.52. The number of nitrogens with zero attached hydrogens (tertiary/aromatic N) is 2. The summed E-state index contributed by atoms with van der Waals surface area (Å²) in [6, 6.07) is 10.6. The molecule has 1 aromatic carbocycles. The van der Waals surface area contributed by atoms with Gasteiger partial charge >= 0.3 is 0 Å². The first-order valence-corrected chi connectivity index (χ1v) is 9.52. The van der Waals surface area contributed by atoms with Gasteiger partial charge in [-0.3, -0.25) is 19.5 Å².